The monoisotopic (exact) mass is 459 g/mol. The van der Waals surface area contributed by atoms with Gasteiger partial charge in [-0.1, -0.05) is 48.5 Å². The predicted molar refractivity (Wildman–Crippen MR) is 130 cm³/mol. The highest BCUT2D eigenvalue weighted by atomic mass is 16.5. The summed E-state index contributed by atoms with van der Waals surface area (Å²) in [5.41, 5.74) is 4.13. The summed E-state index contributed by atoms with van der Waals surface area (Å²) in [5, 5.41) is 12.8. The van der Waals surface area contributed by atoms with E-state index in [0.717, 1.165) is 28.2 Å². The van der Waals surface area contributed by atoms with Crippen molar-refractivity contribution in [1.29, 1.82) is 0 Å². The average Bonchev–Trinajstić information content (AvgIpc) is 3.33. The molecule has 0 unspecified atom stereocenters. The SMILES string of the molecule is COc1cc(CN(C)[C@H](c2ccccc2)c2nnnn2-c2ccccc2C)cc(OC)c1OC. The summed E-state index contributed by atoms with van der Waals surface area (Å²) in [5.74, 6) is 2.53. The lowest BCUT2D eigenvalue weighted by Gasteiger charge is -2.28. The van der Waals surface area contributed by atoms with Gasteiger partial charge in [-0.15, -0.1) is 5.10 Å². The number of rotatable bonds is 9. The van der Waals surface area contributed by atoms with Gasteiger partial charge < -0.3 is 14.2 Å². The number of benzene rings is 3. The van der Waals surface area contributed by atoms with E-state index >= 15 is 0 Å². The summed E-state index contributed by atoms with van der Waals surface area (Å²) in [6.45, 7) is 2.65. The van der Waals surface area contributed by atoms with Crippen molar-refractivity contribution in [2.75, 3.05) is 28.4 Å². The van der Waals surface area contributed by atoms with Gasteiger partial charge in [0.05, 0.1) is 33.1 Å². The topological polar surface area (TPSA) is 74.5 Å². The van der Waals surface area contributed by atoms with E-state index in [-0.39, 0.29) is 6.04 Å². The molecule has 0 fully saturated rings. The molecule has 0 saturated carbocycles. The summed E-state index contributed by atoms with van der Waals surface area (Å²) in [6, 6.07) is 22.0. The van der Waals surface area contributed by atoms with Crippen molar-refractivity contribution in [2.24, 2.45) is 0 Å². The van der Waals surface area contributed by atoms with Gasteiger partial charge in [-0.3, -0.25) is 4.90 Å². The van der Waals surface area contributed by atoms with Gasteiger partial charge in [-0.25, -0.2) is 0 Å². The van der Waals surface area contributed by atoms with Gasteiger partial charge in [-0.05, 0) is 59.3 Å². The Kier molecular flexibility index (Phi) is 7.08. The zero-order valence-electron chi connectivity index (χ0n) is 20.1. The minimum Gasteiger partial charge on any atom is -0.493 e. The Labute approximate surface area is 199 Å². The number of ether oxygens (including phenoxy) is 3. The van der Waals surface area contributed by atoms with Crippen molar-refractivity contribution in [3.8, 4) is 22.9 Å². The fraction of sp³-hybridized carbons (Fsp3) is 0.269. The fourth-order valence-electron chi connectivity index (χ4n) is 4.18. The van der Waals surface area contributed by atoms with Crippen molar-refractivity contribution >= 4 is 0 Å². The number of nitrogens with zero attached hydrogens (tertiary/aromatic N) is 5. The molecule has 34 heavy (non-hydrogen) atoms. The van der Waals surface area contributed by atoms with Crippen LogP contribution in [0.15, 0.2) is 66.7 Å². The zero-order valence-corrected chi connectivity index (χ0v) is 20.1. The summed E-state index contributed by atoms with van der Waals surface area (Å²) in [6.07, 6.45) is 0. The van der Waals surface area contributed by atoms with Crippen LogP contribution in [0, 0.1) is 6.92 Å². The van der Waals surface area contributed by atoms with E-state index in [9.17, 15) is 0 Å². The number of hydrogen-bond acceptors (Lipinski definition) is 7. The number of tetrazole rings is 1. The third-order valence-electron chi connectivity index (χ3n) is 5.79. The third-order valence-corrected chi connectivity index (χ3v) is 5.79. The first-order chi connectivity index (χ1) is 16.6. The van der Waals surface area contributed by atoms with Gasteiger partial charge in [0.2, 0.25) is 5.75 Å². The van der Waals surface area contributed by atoms with E-state index in [0.29, 0.717) is 23.8 Å². The van der Waals surface area contributed by atoms with Gasteiger partial charge in [0, 0.05) is 6.54 Å². The molecule has 1 heterocycles. The maximum Gasteiger partial charge on any atom is 0.203 e. The van der Waals surface area contributed by atoms with Crippen LogP contribution in [0.1, 0.15) is 28.6 Å². The number of aryl methyl sites for hydroxylation is 1. The van der Waals surface area contributed by atoms with Gasteiger partial charge in [0.25, 0.3) is 0 Å². The largest absolute Gasteiger partial charge is 0.493 e. The lowest BCUT2D eigenvalue weighted by Crippen LogP contribution is -2.28. The smallest absolute Gasteiger partial charge is 0.203 e. The Morgan fingerprint density at radius 1 is 0.882 bits per heavy atom. The summed E-state index contributed by atoms with van der Waals surface area (Å²) >= 11 is 0. The molecule has 0 radical (unpaired) electrons. The molecule has 1 atom stereocenters. The second kappa shape index (κ2) is 10.4. The van der Waals surface area contributed by atoms with Gasteiger partial charge in [-0.2, -0.15) is 4.68 Å². The molecule has 0 saturated heterocycles. The first kappa shape index (κ1) is 23.3. The Morgan fingerprint density at radius 3 is 2.15 bits per heavy atom. The molecule has 176 valence electrons. The molecule has 0 N–H and O–H groups in total. The van der Waals surface area contributed by atoms with E-state index in [1.54, 1.807) is 21.3 Å². The normalized spacial score (nSPS) is 11.9. The molecule has 0 aliphatic heterocycles. The first-order valence-electron chi connectivity index (χ1n) is 11.0. The lowest BCUT2D eigenvalue weighted by molar-refractivity contribution is 0.256. The van der Waals surface area contributed by atoms with Crippen molar-refractivity contribution in [2.45, 2.75) is 19.5 Å². The van der Waals surface area contributed by atoms with Crippen LogP contribution in [0.2, 0.25) is 0 Å². The molecule has 0 aliphatic carbocycles. The quantitative estimate of drug-likeness (QED) is 0.371. The summed E-state index contributed by atoms with van der Waals surface area (Å²) < 4.78 is 18.4. The van der Waals surface area contributed by atoms with E-state index in [1.165, 1.54) is 0 Å². The number of methoxy groups -OCH3 is 3. The fourth-order valence-corrected chi connectivity index (χ4v) is 4.18. The van der Waals surface area contributed by atoms with Crippen LogP contribution in [0.4, 0.5) is 0 Å². The van der Waals surface area contributed by atoms with Crippen LogP contribution < -0.4 is 14.2 Å². The molecule has 4 rings (SSSR count). The Hall–Kier alpha value is -3.91. The second-order valence-electron chi connectivity index (χ2n) is 8.00. The van der Waals surface area contributed by atoms with Crippen LogP contribution in [-0.4, -0.2) is 53.5 Å². The number of para-hydroxylation sites is 1. The third kappa shape index (κ3) is 4.58. The van der Waals surface area contributed by atoms with Crippen molar-refractivity contribution in [3.05, 3.63) is 89.2 Å². The van der Waals surface area contributed by atoms with Crippen molar-refractivity contribution < 1.29 is 14.2 Å². The molecule has 0 amide bonds. The second-order valence-corrected chi connectivity index (χ2v) is 8.00. The molecule has 0 bridgehead atoms. The highest BCUT2D eigenvalue weighted by Crippen LogP contribution is 2.39. The Morgan fingerprint density at radius 2 is 1.53 bits per heavy atom. The van der Waals surface area contributed by atoms with Crippen LogP contribution in [0.25, 0.3) is 5.69 Å². The molecule has 8 nitrogen and oxygen atoms in total. The van der Waals surface area contributed by atoms with E-state index in [2.05, 4.69) is 52.6 Å². The van der Waals surface area contributed by atoms with Gasteiger partial charge >= 0.3 is 0 Å². The van der Waals surface area contributed by atoms with Crippen LogP contribution in [-0.2, 0) is 6.54 Å². The van der Waals surface area contributed by atoms with Crippen LogP contribution in [0.3, 0.4) is 0 Å². The maximum atomic E-state index is 5.55. The number of hydrogen-bond donors (Lipinski definition) is 0. The molecule has 0 spiro atoms. The minimum absolute atomic E-state index is 0.199. The standard InChI is InChI=1S/C26H29N5O3/c1-18-11-9-10-14-21(18)31-26(27-28-29-31)24(20-12-7-6-8-13-20)30(2)17-19-15-22(32-3)25(34-5)23(16-19)33-4/h6-16,24H,17H2,1-5H3/t24-/m1/s1. The van der Waals surface area contributed by atoms with Gasteiger partial charge in [0.15, 0.2) is 17.3 Å². The molecule has 8 heteroatoms. The lowest BCUT2D eigenvalue weighted by atomic mass is 10.0. The van der Waals surface area contributed by atoms with Crippen LogP contribution >= 0.6 is 0 Å². The summed E-state index contributed by atoms with van der Waals surface area (Å²) in [7, 11) is 6.89. The molecule has 0 aliphatic rings. The van der Waals surface area contributed by atoms with Crippen molar-refractivity contribution in [1.82, 2.24) is 25.1 Å². The minimum atomic E-state index is -0.199. The van der Waals surface area contributed by atoms with Crippen molar-refractivity contribution in [3.63, 3.8) is 0 Å². The Balaban J connectivity index is 1.77. The highest BCUT2D eigenvalue weighted by molar-refractivity contribution is 5.54. The van der Waals surface area contributed by atoms with E-state index in [1.807, 2.05) is 53.2 Å². The maximum absolute atomic E-state index is 5.55. The van der Waals surface area contributed by atoms with E-state index in [4.69, 9.17) is 14.2 Å². The number of aromatic nitrogens is 4. The molecular weight excluding hydrogens is 430 g/mol. The molecule has 1 aromatic heterocycles. The predicted octanol–water partition coefficient (Wildman–Crippen LogP) is 4.22. The average molecular weight is 460 g/mol. The first-order valence-corrected chi connectivity index (χ1v) is 11.0. The summed E-state index contributed by atoms with van der Waals surface area (Å²) in [4.78, 5) is 2.20. The van der Waals surface area contributed by atoms with E-state index < -0.39 is 0 Å². The highest BCUT2D eigenvalue weighted by Gasteiger charge is 2.27. The molecule has 3 aromatic carbocycles. The van der Waals surface area contributed by atoms with Crippen LogP contribution in [0.5, 0.6) is 17.2 Å². The zero-order chi connectivity index (χ0) is 24.1. The molecule has 4 aromatic rings. The molecular formula is C26H29N5O3. The Bertz CT molecular complexity index is 1220. The van der Waals surface area contributed by atoms with Gasteiger partial charge in [0.1, 0.15) is 0 Å².